The summed E-state index contributed by atoms with van der Waals surface area (Å²) in [6, 6.07) is 6.71. The number of nitrogens with one attached hydrogen (secondary N) is 1. The number of rotatable bonds is 3. The van der Waals surface area contributed by atoms with E-state index in [1.807, 2.05) is 0 Å². The highest BCUT2D eigenvalue weighted by atomic mass is 32.2. The van der Waals surface area contributed by atoms with Crippen molar-refractivity contribution >= 4 is 33.5 Å². The Bertz CT molecular complexity index is 607. The van der Waals surface area contributed by atoms with Crippen LogP contribution in [0.3, 0.4) is 0 Å². The summed E-state index contributed by atoms with van der Waals surface area (Å²) in [4.78, 5) is 4.91. The fraction of sp³-hybridized carbons (Fsp3) is 0.588. The molecule has 4 heteroatoms. The lowest BCUT2D eigenvalue weighted by molar-refractivity contribution is 0.445. The standard InChI is InChI=1S/C17H24N2S2/c1-17(2,3)19-21-16-18-15-13(10-7-11-14(15)20-16)12-8-5-4-6-9-12/h7,10-12,19H,4-6,8-9H2,1-3H3. The molecule has 0 aliphatic heterocycles. The number of thiazole rings is 1. The van der Waals surface area contributed by atoms with Crippen molar-refractivity contribution in [1.82, 2.24) is 9.71 Å². The SMILES string of the molecule is CC(C)(C)NSc1nc2c(C3CCCCC3)cccc2s1. The van der Waals surface area contributed by atoms with Crippen molar-refractivity contribution in [3.8, 4) is 0 Å². The molecule has 1 heterocycles. The minimum Gasteiger partial charge on any atom is -0.253 e. The monoisotopic (exact) mass is 320 g/mol. The van der Waals surface area contributed by atoms with Crippen LogP contribution < -0.4 is 4.72 Å². The highest BCUT2D eigenvalue weighted by molar-refractivity contribution is 7.99. The van der Waals surface area contributed by atoms with E-state index in [4.69, 9.17) is 4.98 Å². The normalized spacial score (nSPS) is 17.5. The third-order valence-corrected chi connectivity index (χ3v) is 6.22. The minimum absolute atomic E-state index is 0.106. The molecule has 1 N–H and O–H groups in total. The number of para-hydroxylation sites is 1. The zero-order valence-electron chi connectivity index (χ0n) is 13.1. The highest BCUT2D eigenvalue weighted by Crippen LogP contribution is 2.38. The van der Waals surface area contributed by atoms with E-state index >= 15 is 0 Å². The number of nitrogens with zero attached hydrogens (tertiary/aromatic N) is 1. The molecule has 2 aromatic rings. The molecule has 0 bridgehead atoms. The average Bonchev–Trinajstić information content (AvgIpc) is 2.88. The summed E-state index contributed by atoms with van der Waals surface area (Å²) >= 11 is 3.47. The van der Waals surface area contributed by atoms with Crippen molar-refractivity contribution in [3.05, 3.63) is 23.8 Å². The average molecular weight is 321 g/mol. The van der Waals surface area contributed by atoms with Gasteiger partial charge in [-0.2, -0.15) is 0 Å². The Morgan fingerprint density at radius 2 is 1.95 bits per heavy atom. The summed E-state index contributed by atoms with van der Waals surface area (Å²) in [6.07, 6.45) is 6.82. The lowest BCUT2D eigenvalue weighted by Gasteiger charge is -2.22. The first-order chi connectivity index (χ1) is 10.0. The second kappa shape index (κ2) is 6.27. The summed E-state index contributed by atoms with van der Waals surface area (Å²) in [5, 5.41) is 0. The molecule has 1 aliphatic carbocycles. The smallest absolute Gasteiger partial charge is 0.166 e. The maximum absolute atomic E-state index is 4.91. The van der Waals surface area contributed by atoms with Gasteiger partial charge in [0.1, 0.15) is 0 Å². The number of hydrogen-bond donors (Lipinski definition) is 1. The Hall–Kier alpha value is -0.580. The van der Waals surface area contributed by atoms with Gasteiger partial charge in [-0.05, 0) is 63.1 Å². The van der Waals surface area contributed by atoms with E-state index in [0.29, 0.717) is 0 Å². The van der Waals surface area contributed by atoms with Gasteiger partial charge in [-0.3, -0.25) is 4.72 Å². The molecule has 1 aromatic carbocycles. The lowest BCUT2D eigenvalue weighted by atomic mass is 9.84. The molecule has 1 aliphatic rings. The van der Waals surface area contributed by atoms with Crippen LogP contribution >= 0.6 is 23.3 Å². The van der Waals surface area contributed by atoms with Gasteiger partial charge in [-0.1, -0.05) is 31.4 Å². The minimum atomic E-state index is 0.106. The first-order valence-corrected chi connectivity index (χ1v) is 9.50. The summed E-state index contributed by atoms with van der Waals surface area (Å²) in [6.45, 7) is 6.54. The molecule has 3 rings (SSSR count). The largest absolute Gasteiger partial charge is 0.253 e. The van der Waals surface area contributed by atoms with Gasteiger partial charge in [0.15, 0.2) is 4.34 Å². The molecule has 0 unspecified atom stereocenters. The van der Waals surface area contributed by atoms with Gasteiger partial charge < -0.3 is 0 Å². The van der Waals surface area contributed by atoms with Crippen LogP contribution in [0.5, 0.6) is 0 Å². The number of aromatic nitrogens is 1. The third-order valence-electron chi connectivity index (χ3n) is 3.92. The molecule has 0 saturated heterocycles. The zero-order valence-corrected chi connectivity index (χ0v) is 14.7. The van der Waals surface area contributed by atoms with Gasteiger partial charge in [-0.25, -0.2) is 4.98 Å². The first kappa shape index (κ1) is 15.3. The Labute approximate surface area is 135 Å². The molecule has 114 valence electrons. The van der Waals surface area contributed by atoms with E-state index in [-0.39, 0.29) is 5.54 Å². The number of fused-ring (bicyclic) bond motifs is 1. The van der Waals surface area contributed by atoms with Gasteiger partial charge in [0.25, 0.3) is 0 Å². The molecule has 1 aromatic heterocycles. The van der Waals surface area contributed by atoms with Gasteiger partial charge in [0.05, 0.1) is 10.2 Å². The molecule has 1 saturated carbocycles. The maximum Gasteiger partial charge on any atom is 0.166 e. The second-order valence-electron chi connectivity index (χ2n) is 6.96. The Morgan fingerprint density at radius 3 is 2.67 bits per heavy atom. The topological polar surface area (TPSA) is 24.9 Å². The van der Waals surface area contributed by atoms with Crippen molar-refractivity contribution in [1.29, 1.82) is 0 Å². The maximum atomic E-state index is 4.91. The van der Waals surface area contributed by atoms with Crippen LogP contribution in [0.1, 0.15) is 64.4 Å². The van der Waals surface area contributed by atoms with Crippen molar-refractivity contribution in [2.45, 2.75) is 68.7 Å². The van der Waals surface area contributed by atoms with Crippen LogP contribution in [0.4, 0.5) is 0 Å². The fourth-order valence-electron chi connectivity index (χ4n) is 2.93. The van der Waals surface area contributed by atoms with E-state index < -0.39 is 0 Å². The van der Waals surface area contributed by atoms with Gasteiger partial charge >= 0.3 is 0 Å². The summed E-state index contributed by atoms with van der Waals surface area (Å²) in [5.74, 6) is 0.720. The number of hydrogen-bond acceptors (Lipinski definition) is 4. The fourth-order valence-corrected chi connectivity index (χ4v) is 4.76. The van der Waals surface area contributed by atoms with E-state index in [0.717, 1.165) is 10.3 Å². The quantitative estimate of drug-likeness (QED) is 0.730. The lowest BCUT2D eigenvalue weighted by Crippen LogP contribution is -2.29. The van der Waals surface area contributed by atoms with Crippen molar-refractivity contribution < 1.29 is 0 Å². The van der Waals surface area contributed by atoms with Crippen LogP contribution in [0.25, 0.3) is 10.2 Å². The molecule has 1 fully saturated rings. The van der Waals surface area contributed by atoms with E-state index in [9.17, 15) is 0 Å². The Morgan fingerprint density at radius 1 is 1.19 bits per heavy atom. The van der Waals surface area contributed by atoms with Crippen LogP contribution in [0.2, 0.25) is 0 Å². The Balaban J connectivity index is 1.86. The molecular formula is C17H24N2S2. The zero-order chi connectivity index (χ0) is 14.9. The van der Waals surface area contributed by atoms with Crippen LogP contribution in [-0.2, 0) is 0 Å². The first-order valence-electron chi connectivity index (χ1n) is 7.86. The molecule has 0 amide bonds. The molecule has 0 atom stereocenters. The summed E-state index contributed by atoms with van der Waals surface area (Å²) in [5.41, 5.74) is 2.83. The highest BCUT2D eigenvalue weighted by Gasteiger charge is 2.20. The molecule has 0 radical (unpaired) electrons. The van der Waals surface area contributed by atoms with Crippen LogP contribution in [0, 0.1) is 0 Å². The third kappa shape index (κ3) is 3.79. The summed E-state index contributed by atoms with van der Waals surface area (Å²) < 4.78 is 5.92. The van der Waals surface area contributed by atoms with Gasteiger partial charge in [-0.15, -0.1) is 11.3 Å². The van der Waals surface area contributed by atoms with Gasteiger partial charge in [0.2, 0.25) is 0 Å². The Kier molecular flexibility index (Phi) is 4.57. The van der Waals surface area contributed by atoms with Crippen LogP contribution in [0.15, 0.2) is 22.5 Å². The molecule has 21 heavy (non-hydrogen) atoms. The van der Waals surface area contributed by atoms with E-state index in [1.165, 1.54) is 47.9 Å². The molecule has 2 nitrogen and oxygen atoms in total. The number of benzene rings is 1. The van der Waals surface area contributed by atoms with Gasteiger partial charge in [0, 0.05) is 5.54 Å². The van der Waals surface area contributed by atoms with Crippen molar-refractivity contribution in [2.75, 3.05) is 0 Å². The van der Waals surface area contributed by atoms with E-state index in [2.05, 4.69) is 43.7 Å². The van der Waals surface area contributed by atoms with E-state index in [1.54, 1.807) is 23.3 Å². The molecule has 0 spiro atoms. The second-order valence-corrected chi connectivity index (χ2v) is 9.05. The van der Waals surface area contributed by atoms with Crippen LogP contribution in [-0.4, -0.2) is 10.5 Å². The van der Waals surface area contributed by atoms with Crippen molar-refractivity contribution in [3.63, 3.8) is 0 Å². The molecular weight excluding hydrogens is 296 g/mol. The summed E-state index contributed by atoms with van der Waals surface area (Å²) in [7, 11) is 0. The predicted octanol–water partition coefficient (Wildman–Crippen LogP) is 5.74. The predicted molar refractivity (Wildman–Crippen MR) is 94.2 cm³/mol. The van der Waals surface area contributed by atoms with Crippen molar-refractivity contribution in [2.24, 2.45) is 0 Å².